The molecular weight excluding hydrogens is 280 g/mol. The van der Waals surface area contributed by atoms with Gasteiger partial charge in [0.1, 0.15) is 0 Å². The molecule has 6 nitrogen and oxygen atoms in total. The average molecular weight is 304 g/mol. The molecule has 1 aliphatic carbocycles. The number of rotatable bonds is 5. The third-order valence-corrected chi connectivity index (χ3v) is 4.41. The van der Waals surface area contributed by atoms with Crippen LogP contribution in [0.1, 0.15) is 31.2 Å². The number of hydrogen-bond acceptors (Lipinski definition) is 4. The fraction of sp³-hybridized carbons (Fsp3) is 0.625. The van der Waals surface area contributed by atoms with Crippen LogP contribution in [0.3, 0.4) is 0 Å². The first kappa shape index (κ1) is 15.1. The Morgan fingerprint density at radius 1 is 1.36 bits per heavy atom. The lowest BCUT2D eigenvalue weighted by Gasteiger charge is -2.32. The summed E-state index contributed by atoms with van der Waals surface area (Å²) < 4.78 is 5.18. The van der Waals surface area contributed by atoms with Gasteiger partial charge in [-0.15, -0.1) is 0 Å². The van der Waals surface area contributed by atoms with Gasteiger partial charge in [0, 0.05) is 43.5 Å². The molecule has 3 rings (SSSR count). The van der Waals surface area contributed by atoms with Crippen LogP contribution in [-0.2, 0) is 6.54 Å². The van der Waals surface area contributed by atoms with Crippen molar-refractivity contribution in [2.24, 2.45) is 0 Å². The number of urea groups is 1. The molecule has 0 radical (unpaired) electrons. The average Bonchev–Trinajstić information content (AvgIpc) is 3.39. The molecule has 6 heteroatoms. The van der Waals surface area contributed by atoms with Crippen LogP contribution >= 0.6 is 0 Å². The summed E-state index contributed by atoms with van der Waals surface area (Å²) in [5.41, 5.74) is 0.878. The normalized spacial score (nSPS) is 19.7. The highest BCUT2D eigenvalue weighted by Gasteiger charge is 2.32. The maximum atomic E-state index is 12.0. The molecule has 0 spiro atoms. The van der Waals surface area contributed by atoms with E-state index >= 15 is 0 Å². The summed E-state index contributed by atoms with van der Waals surface area (Å²) in [6.07, 6.45) is 6.47. The van der Waals surface area contributed by atoms with Gasteiger partial charge in [-0.25, -0.2) is 9.78 Å². The smallest absolute Gasteiger partial charge is 0.315 e. The van der Waals surface area contributed by atoms with Gasteiger partial charge in [0.05, 0.1) is 7.11 Å². The second-order valence-electron chi connectivity index (χ2n) is 6.04. The third kappa shape index (κ3) is 3.88. The largest absolute Gasteiger partial charge is 0.481 e. The maximum Gasteiger partial charge on any atom is 0.315 e. The van der Waals surface area contributed by atoms with E-state index in [9.17, 15) is 4.79 Å². The van der Waals surface area contributed by atoms with E-state index in [1.807, 2.05) is 12.1 Å². The van der Waals surface area contributed by atoms with Crippen LogP contribution in [0, 0.1) is 0 Å². The number of pyridine rings is 1. The number of carbonyl (C=O) groups is 1. The monoisotopic (exact) mass is 304 g/mol. The lowest BCUT2D eigenvalue weighted by Crippen LogP contribution is -2.48. The van der Waals surface area contributed by atoms with E-state index in [-0.39, 0.29) is 12.1 Å². The van der Waals surface area contributed by atoms with Gasteiger partial charge < -0.3 is 20.3 Å². The van der Waals surface area contributed by atoms with Gasteiger partial charge in [0.2, 0.25) is 5.88 Å². The molecule has 0 unspecified atom stereocenters. The van der Waals surface area contributed by atoms with Crippen molar-refractivity contribution in [2.45, 2.75) is 44.3 Å². The highest BCUT2D eigenvalue weighted by Crippen LogP contribution is 2.29. The Kier molecular flexibility index (Phi) is 4.77. The van der Waals surface area contributed by atoms with Crippen LogP contribution in [0.5, 0.6) is 5.88 Å². The Hall–Kier alpha value is -1.82. The summed E-state index contributed by atoms with van der Waals surface area (Å²) in [6.45, 7) is 2.63. The number of carbonyl (C=O) groups excluding carboxylic acids is 1. The molecule has 2 aliphatic rings. The number of likely N-dealkylation sites (tertiary alicyclic amines) is 1. The second kappa shape index (κ2) is 6.96. The van der Waals surface area contributed by atoms with Gasteiger partial charge in [0.15, 0.2) is 0 Å². The molecule has 2 amide bonds. The Labute approximate surface area is 131 Å². The molecule has 1 saturated carbocycles. The van der Waals surface area contributed by atoms with Gasteiger partial charge in [-0.3, -0.25) is 0 Å². The summed E-state index contributed by atoms with van der Waals surface area (Å²) in [5.74, 6) is 0.556. The van der Waals surface area contributed by atoms with E-state index in [0.29, 0.717) is 12.4 Å². The van der Waals surface area contributed by atoms with E-state index in [0.717, 1.165) is 37.5 Å². The number of ether oxygens (including phenoxy) is 1. The molecule has 120 valence electrons. The van der Waals surface area contributed by atoms with Crippen molar-refractivity contribution < 1.29 is 9.53 Å². The molecule has 2 heterocycles. The Morgan fingerprint density at radius 3 is 2.82 bits per heavy atom. The van der Waals surface area contributed by atoms with Crippen molar-refractivity contribution in [3.05, 3.63) is 23.9 Å². The molecule has 1 aromatic rings. The number of nitrogens with one attached hydrogen (secondary N) is 2. The van der Waals surface area contributed by atoms with Gasteiger partial charge in [0.25, 0.3) is 0 Å². The van der Waals surface area contributed by atoms with Crippen LogP contribution in [0.25, 0.3) is 0 Å². The molecule has 0 bridgehead atoms. The zero-order valence-corrected chi connectivity index (χ0v) is 13.0. The maximum absolute atomic E-state index is 12.0. The van der Waals surface area contributed by atoms with Crippen LogP contribution in [0.4, 0.5) is 4.79 Å². The zero-order valence-electron chi connectivity index (χ0n) is 13.0. The van der Waals surface area contributed by atoms with Gasteiger partial charge in [-0.05, 0) is 31.7 Å². The first-order chi connectivity index (χ1) is 10.8. The van der Waals surface area contributed by atoms with Crippen LogP contribution in [0.15, 0.2) is 18.3 Å². The number of hydrogen-bond donors (Lipinski definition) is 2. The zero-order chi connectivity index (χ0) is 15.4. The van der Waals surface area contributed by atoms with Crippen molar-refractivity contribution in [1.29, 1.82) is 0 Å². The minimum Gasteiger partial charge on any atom is -0.481 e. The lowest BCUT2D eigenvalue weighted by atomic mass is 10.1. The minimum atomic E-state index is -0.115. The second-order valence-corrected chi connectivity index (χ2v) is 6.04. The van der Waals surface area contributed by atoms with Crippen LogP contribution in [-0.4, -0.2) is 48.2 Å². The van der Waals surface area contributed by atoms with Crippen molar-refractivity contribution in [1.82, 2.24) is 20.5 Å². The molecule has 2 fully saturated rings. The SMILES string of the molecule is COc1ncccc1CNC(=O)NC1CCN(C2CC2)CC1. The van der Waals surface area contributed by atoms with Crippen LogP contribution < -0.4 is 15.4 Å². The standard InChI is InChI=1S/C16H24N4O2/c1-22-15-12(3-2-8-17-15)11-18-16(21)19-13-6-9-20(10-7-13)14-4-5-14/h2-3,8,13-14H,4-7,9-11H2,1H3,(H2,18,19,21). The van der Waals surface area contributed by atoms with Crippen molar-refractivity contribution in [3.8, 4) is 5.88 Å². The summed E-state index contributed by atoms with van der Waals surface area (Å²) in [5, 5.41) is 5.95. The van der Waals surface area contributed by atoms with E-state index in [1.165, 1.54) is 12.8 Å². The number of aromatic nitrogens is 1. The molecule has 1 aromatic heterocycles. The predicted octanol–water partition coefficient (Wildman–Crippen LogP) is 1.52. The fourth-order valence-electron chi connectivity index (χ4n) is 3.00. The van der Waals surface area contributed by atoms with E-state index in [2.05, 4.69) is 20.5 Å². The van der Waals surface area contributed by atoms with E-state index in [4.69, 9.17) is 4.74 Å². The minimum absolute atomic E-state index is 0.115. The Balaban J connectivity index is 1.41. The quantitative estimate of drug-likeness (QED) is 0.865. The fourth-order valence-corrected chi connectivity index (χ4v) is 3.00. The summed E-state index contributed by atoms with van der Waals surface area (Å²) in [6, 6.07) is 4.74. The first-order valence-electron chi connectivity index (χ1n) is 8.02. The van der Waals surface area contributed by atoms with E-state index in [1.54, 1.807) is 13.3 Å². The summed E-state index contributed by atoms with van der Waals surface area (Å²) >= 11 is 0. The van der Waals surface area contributed by atoms with Gasteiger partial charge in [-0.2, -0.15) is 0 Å². The molecular formula is C16H24N4O2. The van der Waals surface area contributed by atoms with Crippen molar-refractivity contribution in [2.75, 3.05) is 20.2 Å². The molecule has 1 saturated heterocycles. The van der Waals surface area contributed by atoms with E-state index < -0.39 is 0 Å². The number of nitrogens with zero attached hydrogens (tertiary/aromatic N) is 2. The van der Waals surface area contributed by atoms with Gasteiger partial charge in [-0.1, -0.05) is 6.07 Å². The molecule has 0 atom stereocenters. The highest BCUT2D eigenvalue weighted by molar-refractivity contribution is 5.74. The first-order valence-corrected chi connectivity index (χ1v) is 8.02. The lowest BCUT2D eigenvalue weighted by molar-refractivity contribution is 0.186. The number of methoxy groups -OCH3 is 1. The number of amides is 2. The molecule has 1 aliphatic heterocycles. The molecule has 0 aromatic carbocycles. The third-order valence-electron chi connectivity index (χ3n) is 4.41. The number of piperidine rings is 1. The Bertz CT molecular complexity index is 511. The summed E-state index contributed by atoms with van der Waals surface area (Å²) in [7, 11) is 1.58. The Morgan fingerprint density at radius 2 is 2.14 bits per heavy atom. The highest BCUT2D eigenvalue weighted by atomic mass is 16.5. The topological polar surface area (TPSA) is 66.5 Å². The molecule has 22 heavy (non-hydrogen) atoms. The molecule has 2 N–H and O–H groups in total. The van der Waals surface area contributed by atoms with Crippen molar-refractivity contribution in [3.63, 3.8) is 0 Å². The van der Waals surface area contributed by atoms with Gasteiger partial charge >= 0.3 is 6.03 Å². The summed E-state index contributed by atoms with van der Waals surface area (Å²) in [4.78, 5) is 18.7. The predicted molar refractivity (Wildman–Crippen MR) is 83.8 cm³/mol. The van der Waals surface area contributed by atoms with Crippen molar-refractivity contribution >= 4 is 6.03 Å². The van der Waals surface area contributed by atoms with Crippen LogP contribution in [0.2, 0.25) is 0 Å².